The van der Waals surface area contributed by atoms with Gasteiger partial charge in [0.1, 0.15) is 12.6 Å². The molecule has 5 heteroatoms. The van der Waals surface area contributed by atoms with Crippen molar-refractivity contribution in [3.63, 3.8) is 0 Å². The lowest BCUT2D eigenvalue weighted by Gasteiger charge is -2.12. The third-order valence-corrected chi connectivity index (χ3v) is 1.02. The van der Waals surface area contributed by atoms with E-state index >= 15 is 0 Å². The van der Waals surface area contributed by atoms with E-state index in [1.54, 1.807) is 0 Å². The third kappa shape index (κ3) is 5.23. The van der Waals surface area contributed by atoms with Gasteiger partial charge in [-0.15, -0.1) is 0 Å². The van der Waals surface area contributed by atoms with Crippen molar-refractivity contribution in [3.05, 3.63) is 0 Å². The van der Waals surface area contributed by atoms with E-state index in [-0.39, 0.29) is 19.6 Å². The number of carbonyl (C=O) groups excluding carboxylic acids is 2. The number of hydrogen-bond acceptors (Lipinski definition) is 4. The van der Waals surface area contributed by atoms with E-state index in [9.17, 15) is 14.4 Å². The largest absolute Gasteiger partial charge is 0.480 e. The van der Waals surface area contributed by atoms with Gasteiger partial charge in [0.25, 0.3) is 0 Å². The monoisotopic (exact) mass is 159 g/mol. The predicted molar refractivity (Wildman–Crippen MR) is 36.2 cm³/mol. The molecule has 0 aromatic rings. The zero-order chi connectivity index (χ0) is 8.69. The summed E-state index contributed by atoms with van der Waals surface area (Å²) in [7, 11) is 0. The number of carboxylic acid groups (broad SMARTS) is 1. The molecule has 0 radical (unpaired) electrons. The highest BCUT2D eigenvalue weighted by Gasteiger charge is 2.06. The number of nitrogens with zero attached hydrogens (tertiary/aromatic N) is 1. The molecule has 5 nitrogen and oxygen atoms in total. The number of rotatable bonds is 6. The Kier molecular flexibility index (Phi) is 4.93. The Morgan fingerprint density at radius 3 is 2.00 bits per heavy atom. The second-order valence-electron chi connectivity index (χ2n) is 1.92. The SMILES string of the molecule is O=CCN(CC=O)CC(=O)O. The molecule has 0 aromatic heterocycles. The summed E-state index contributed by atoms with van der Waals surface area (Å²) in [5.41, 5.74) is 0. The maximum absolute atomic E-state index is 10.1. The Balaban J connectivity index is 3.76. The van der Waals surface area contributed by atoms with Crippen LogP contribution >= 0.6 is 0 Å². The molecule has 0 aromatic carbocycles. The van der Waals surface area contributed by atoms with Crippen molar-refractivity contribution >= 4 is 18.5 Å². The number of carboxylic acids is 1. The molecule has 0 aliphatic rings. The summed E-state index contributed by atoms with van der Waals surface area (Å²) in [5.74, 6) is -1.05. The van der Waals surface area contributed by atoms with Crippen LogP contribution in [0.5, 0.6) is 0 Å². The standard InChI is InChI=1S/C6H9NO4/c8-3-1-7(2-4-9)5-6(10)11/h3-4H,1-2,5H2,(H,10,11). The van der Waals surface area contributed by atoms with E-state index in [1.807, 2.05) is 0 Å². The molecule has 0 unspecified atom stereocenters. The van der Waals surface area contributed by atoms with Gasteiger partial charge in [-0.3, -0.25) is 9.69 Å². The van der Waals surface area contributed by atoms with Crippen LogP contribution in [0.3, 0.4) is 0 Å². The first-order valence-electron chi connectivity index (χ1n) is 3.02. The van der Waals surface area contributed by atoms with Crippen molar-refractivity contribution in [2.75, 3.05) is 19.6 Å². The van der Waals surface area contributed by atoms with Crippen molar-refractivity contribution < 1.29 is 19.5 Å². The van der Waals surface area contributed by atoms with Crippen LogP contribution in [-0.4, -0.2) is 48.2 Å². The summed E-state index contributed by atoms with van der Waals surface area (Å²) in [6.45, 7) is -0.326. The van der Waals surface area contributed by atoms with Gasteiger partial charge in [-0.1, -0.05) is 0 Å². The van der Waals surface area contributed by atoms with Gasteiger partial charge in [0.2, 0.25) is 0 Å². The lowest BCUT2D eigenvalue weighted by atomic mass is 10.5. The average molecular weight is 159 g/mol. The van der Waals surface area contributed by atoms with Crippen molar-refractivity contribution in [1.29, 1.82) is 0 Å². The summed E-state index contributed by atoms with van der Waals surface area (Å²) in [6.07, 6.45) is 1.12. The van der Waals surface area contributed by atoms with E-state index in [4.69, 9.17) is 5.11 Å². The van der Waals surface area contributed by atoms with Gasteiger partial charge in [0.15, 0.2) is 0 Å². The molecule has 0 saturated heterocycles. The van der Waals surface area contributed by atoms with Crippen LogP contribution in [0, 0.1) is 0 Å². The van der Waals surface area contributed by atoms with Crippen LogP contribution in [0.1, 0.15) is 0 Å². The normalized spacial score (nSPS) is 9.55. The molecular formula is C6H9NO4. The van der Waals surface area contributed by atoms with Gasteiger partial charge >= 0.3 is 5.97 Å². The molecule has 0 rings (SSSR count). The van der Waals surface area contributed by atoms with Gasteiger partial charge in [0, 0.05) is 0 Å². The highest BCUT2D eigenvalue weighted by molar-refractivity contribution is 5.70. The highest BCUT2D eigenvalue weighted by Crippen LogP contribution is 1.82. The Morgan fingerprint density at radius 2 is 1.73 bits per heavy atom. The first-order valence-corrected chi connectivity index (χ1v) is 3.02. The molecule has 62 valence electrons. The molecule has 0 spiro atoms. The van der Waals surface area contributed by atoms with Crippen LogP contribution in [0.2, 0.25) is 0 Å². The van der Waals surface area contributed by atoms with Gasteiger partial charge in [0.05, 0.1) is 19.6 Å². The Bertz CT molecular complexity index is 147. The molecule has 1 N–H and O–H groups in total. The smallest absolute Gasteiger partial charge is 0.317 e. The first kappa shape index (κ1) is 9.77. The Morgan fingerprint density at radius 1 is 1.27 bits per heavy atom. The molecule has 0 atom stereocenters. The van der Waals surface area contributed by atoms with Crippen molar-refractivity contribution in [2.24, 2.45) is 0 Å². The zero-order valence-electron chi connectivity index (χ0n) is 5.90. The molecular weight excluding hydrogens is 150 g/mol. The third-order valence-electron chi connectivity index (χ3n) is 1.02. The van der Waals surface area contributed by atoms with E-state index in [2.05, 4.69) is 0 Å². The van der Waals surface area contributed by atoms with Crippen molar-refractivity contribution in [1.82, 2.24) is 4.90 Å². The zero-order valence-corrected chi connectivity index (χ0v) is 5.90. The minimum absolute atomic E-state index is 0.0228. The molecule has 0 bridgehead atoms. The van der Waals surface area contributed by atoms with Gasteiger partial charge in [-0.05, 0) is 0 Å². The van der Waals surface area contributed by atoms with Gasteiger partial charge in [-0.25, -0.2) is 0 Å². The van der Waals surface area contributed by atoms with Gasteiger partial charge in [-0.2, -0.15) is 0 Å². The lowest BCUT2D eigenvalue weighted by molar-refractivity contribution is -0.138. The predicted octanol–water partition coefficient (Wildman–Crippen LogP) is -1.23. The molecule has 0 fully saturated rings. The number of aldehydes is 2. The van der Waals surface area contributed by atoms with Crippen LogP contribution in [-0.2, 0) is 14.4 Å². The van der Waals surface area contributed by atoms with Gasteiger partial charge < -0.3 is 14.7 Å². The van der Waals surface area contributed by atoms with Crippen molar-refractivity contribution in [2.45, 2.75) is 0 Å². The summed E-state index contributed by atoms with van der Waals surface area (Å²) in [4.78, 5) is 31.2. The van der Waals surface area contributed by atoms with E-state index < -0.39 is 5.97 Å². The Labute approximate surface area is 63.6 Å². The van der Waals surface area contributed by atoms with Crippen molar-refractivity contribution in [3.8, 4) is 0 Å². The highest BCUT2D eigenvalue weighted by atomic mass is 16.4. The maximum atomic E-state index is 10.1. The van der Waals surface area contributed by atoms with E-state index in [0.717, 1.165) is 0 Å². The minimum Gasteiger partial charge on any atom is -0.480 e. The minimum atomic E-state index is -1.05. The molecule has 0 amide bonds. The second kappa shape index (κ2) is 5.55. The summed E-state index contributed by atoms with van der Waals surface area (Å²) < 4.78 is 0. The Hall–Kier alpha value is -1.23. The van der Waals surface area contributed by atoms with E-state index in [1.165, 1.54) is 4.90 Å². The van der Waals surface area contributed by atoms with Crippen LogP contribution in [0.15, 0.2) is 0 Å². The number of carbonyl (C=O) groups is 3. The molecule has 0 aliphatic carbocycles. The topological polar surface area (TPSA) is 74.7 Å². The second-order valence-corrected chi connectivity index (χ2v) is 1.92. The number of aliphatic carboxylic acids is 1. The molecule has 0 heterocycles. The van der Waals surface area contributed by atoms with Crippen LogP contribution in [0.4, 0.5) is 0 Å². The summed E-state index contributed by atoms with van der Waals surface area (Å²) in [6, 6.07) is 0. The quantitative estimate of drug-likeness (QED) is 0.491. The average Bonchev–Trinajstić information content (AvgIpc) is 1.87. The lowest BCUT2D eigenvalue weighted by Crippen LogP contribution is -2.32. The fourth-order valence-corrected chi connectivity index (χ4v) is 0.606. The van der Waals surface area contributed by atoms with Crippen LogP contribution < -0.4 is 0 Å². The fourth-order valence-electron chi connectivity index (χ4n) is 0.606. The number of hydrogen-bond donors (Lipinski definition) is 1. The fraction of sp³-hybridized carbons (Fsp3) is 0.500. The summed E-state index contributed by atoms with van der Waals surface area (Å²) >= 11 is 0. The maximum Gasteiger partial charge on any atom is 0.317 e. The first-order chi connectivity index (χ1) is 5.20. The van der Waals surface area contributed by atoms with Crippen LogP contribution in [0.25, 0.3) is 0 Å². The molecule has 11 heavy (non-hydrogen) atoms. The molecule has 0 aliphatic heterocycles. The molecule has 0 saturated carbocycles. The summed E-state index contributed by atoms with van der Waals surface area (Å²) in [5, 5.41) is 8.26. The van der Waals surface area contributed by atoms with E-state index in [0.29, 0.717) is 12.6 Å².